The maximum atomic E-state index is 4.90. The van der Waals surface area contributed by atoms with E-state index in [1.54, 1.807) is 0 Å². The lowest BCUT2D eigenvalue weighted by Crippen LogP contribution is -2.34. The molecule has 0 saturated heterocycles. The van der Waals surface area contributed by atoms with E-state index in [-0.39, 0.29) is 0 Å². The molecule has 1 saturated carbocycles. The van der Waals surface area contributed by atoms with Crippen molar-refractivity contribution in [3.05, 3.63) is 48.4 Å². The molecule has 27 heavy (non-hydrogen) atoms. The van der Waals surface area contributed by atoms with Crippen LogP contribution in [0, 0.1) is 12.8 Å². The topological polar surface area (TPSA) is 51.8 Å². The Balaban J connectivity index is 1.44. The first kappa shape index (κ1) is 16.5. The molecule has 0 radical (unpaired) electrons. The predicted octanol–water partition coefficient (Wildman–Crippen LogP) is 3.66. The van der Waals surface area contributed by atoms with Crippen LogP contribution in [-0.4, -0.2) is 30.9 Å². The van der Waals surface area contributed by atoms with Gasteiger partial charge in [-0.15, -0.1) is 0 Å². The van der Waals surface area contributed by atoms with E-state index in [1.165, 1.54) is 36.9 Å². The number of rotatable bonds is 4. The highest BCUT2D eigenvalue weighted by Crippen LogP contribution is 2.32. The Hall–Kier alpha value is -2.63. The van der Waals surface area contributed by atoms with Crippen molar-refractivity contribution in [3.63, 3.8) is 0 Å². The molecule has 0 amide bonds. The number of aromatic nitrogens is 5. The van der Waals surface area contributed by atoms with E-state index < -0.39 is 0 Å². The zero-order valence-corrected chi connectivity index (χ0v) is 15.9. The van der Waals surface area contributed by atoms with Gasteiger partial charge in [-0.2, -0.15) is 5.10 Å². The molecule has 0 atom stereocenters. The number of aryl methyl sites for hydroxylation is 1. The van der Waals surface area contributed by atoms with Gasteiger partial charge < -0.3 is 9.47 Å². The third-order valence-corrected chi connectivity index (χ3v) is 5.94. The van der Waals surface area contributed by atoms with E-state index in [2.05, 4.69) is 49.5 Å². The normalized spacial score (nSPS) is 17.4. The van der Waals surface area contributed by atoms with Crippen LogP contribution in [0.15, 0.2) is 37.1 Å². The minimum Gasteiger partial charge on any atom is -0.348 e. The third kappa shape index (κ3) is 3.24. The lowest BCUT2D eigenvalue weighted by Gasteiger charge is -2.30. The lowest BCUT2D eigenvalue weighted by molar-refractivity contribution is 0.429. The number of pyridine rings is 1. The van der Waals surface area contributed by atoms with E-state index in [1.807, 2.05) is 18.7 Å². The Morgan fingerprint density at radius 3 is 2.89 bits per heavy atom. The molecule has 6 nitrogen and oxygen atoms in total. The second-order valence-electron chi connectivity index (χ2n) is 7.93. The first-order valence-corrected chi connectivity index (χ1v) is 10.0. The van der Waals surface area contributed by atoms with E-state index in [9.17, 15) is 0 Å². The molecule has 3 aromatic rings. The van der Waals surface area contributed by atoms with Crippen molar-refractivity contribution in [2.24, 2.45) is 5.92 Å². The summed E-state index contributed by atoms with van der Waals surface area (Å²) in [7, 11) is 0. The molecule has 0 bridgehead atoms. The molecule has 0 unspecified atom stereocenters. The van der Waals surface area contributed by atoms with Crippen molar-refractivity contribution in [2.45, 2.75) is 52.2 Å². The molecular weight excluding hydrogens is 336 g/mol. The Kier molecular flexibility index (Phi) is 4.19. The van der Waals surface area contributed by atoms with Gasteiger partial charge in [-0.3, -0.25) is 4.68 Å². The lowest BCUT2D eigenvalue weighted by atomic mass is 10.1. The average Bonchev–Trinajstić information content (AvgIpc) is 3.43. The zero-order valence-electron chi connectivity index (χ0n) is 15.9. The van der Waals surface area contributed by atoms with Crippen LogP contribution in [0.4, 0.5) is 5.82 Å². The smallest absolute Gasteiger partial charge is 0.137 e. The molecule has 4 heterocycles. The van der Waals surface area contributed by atoms with E-state index in [0.29, 0.717) is 0 Å². The van der Waals surface area contributed by atoms with Crippen LogP contribution in [0.3, 0.4) is 0 Å². The Morgan fingerprint density at radius 1 is 1.11 bits per heavy atom. The number of hydrogen-bond donors (Lipinski definition) is 0. The molecule has 0 aromatic carbocycles. The van der Waals surface area contributed by atoms with Gasteiger partial charge in [-0.25, -0.2) is 9.97 Å². The number of hydrogen-bond acceptors (Lipinski definition) is 4. The largest absolute Gasteiger partial charge is 0.348 e. The molecule has 5 rings (SSSR count). The fourth-order valence-electron chi connectivity index (χ4n) is 4.43. The van der Waals surface area contributed by atoms with Gasteiger partial charge in [0, 0.05) is 48.8 Å². The molecule has 1 aliphatic heterocycles. The summed E-state index contributed by atoms with van der Waals surface area (Å²) in [6, 6.07) is 4.29. The fourth-order valence-corrected chi connectivity index (χ4v) is 4.43. The average molecular weight is 362 g/mol. The minimum atomic E-state index is 0.788. The summed E-state index contributed by atoms with van der Waals surface area (Å²) in [5, 5.41) is 4.65. The standard InChI is InChI=1S/C21H26N6/c1-16-6-7-20(18-10-23-27(13-18)12-17-4-2-3-5-17)21(24-16)25-8-9-26-15-22-11-19(26)14-25/h6-7,10-11,13,15,17H,2-5,8-9,12,14H2,1H3. The quantitative estimate of drug-likeness (QED) is 0.711. The van der Waals surface area contributed by atoms with E-state index >= 15 is 0 Å². The Morgan fingerprint density at radius 2 is 2.00 bits per heavy atom. The van der Waals surface area contributed by atoms with Gasteiger partial charge >= 0.3 is 0 Å². The molecule has 140 valence electrons. The van der Waals surface area contributed by atoms with Crippen LogP contribution in [0.1, 0.15) is 37.1 Å². The summed E-state index contributed by atoms with van der Waals surface area (Å²) in [4.78, 5) is 11.6. The summed E-state index contributed by atoms with van der Waals surface area (Å²) in [5.41, 5.74) is 4.62. The van der Waals surface area contributed by atoms with Gasteiger partial charge in [-0.1, -0.05) is 12.8 Å². The molecule has 0 spiro atoms. The number of imidazole rings is 1. The minimum absolute atomic E-state index is 0.788. The second kappa shape index (κ2) is 6.83. The van der Waals surface area contributed by atoms with Crippen LogP contribution < -0.4 is 4.90 Å². The molecule has 3 aromatic heterocycles. The van der Waals surface area contributed by atoms with Gasteiger partial charge in [0.05, 0.1) is 24.8 Å². The highest BCUT2D eigenvalue weighted by atomic mass is 15.3. The highest BCUT2D eigenvalue weighted by Gasteiger charge is 2.22. The maximum Gasteiger partial charge on any atom is 0.137 e. The van der Waals surface area contributed by atoms with Crippen LogP contribution >= 0.6 is 0 Å². The Labute approximate surface area is 159 Å². The molecule has 0 N–H and O–H groups in total. The monoisotopic (exact) mass is 362 g/mol. The van der Waals surface area contributed by atoms with Gasteiger partial charge in [0.15, 0.2) is 0 Å². The summed E-state index contributed by atoms with van der Waals surface area (Å²) in [6.45, 7) is 5.84. The summed E-state index contributed by atoms with van der Waals surface area (Å²) in [6.07, 6.45) is 13.5. The third-order valence-electron chi connectivity index (χ3n) is 5.94. The van der Waals surface area contributed by atoms with Crippen molar-refractivity contribution in [1.29, 1.82) is 0 Å². The van der Waals surface area contributed by atoms with Crippen molar-refractivity contribution in [2.75, 3.05) is 11.4 Å². The molecule has 1 fully saturated rings. The zero-order chi connectivity index (χ0) is 18.2. The maximum absolute atomic E-state index is 4.90. The summed E-state index contributed by atoms with van der Waals surface area (Å²) < 4.78 is 4.35. The summed E-state index contributed by atoms with van der Waals surface area (Å²) >= 11 is 0. The van der Waals surface area contributed by atoms with Crippen LogP contribution in [-0.2, 0) is 19.6 Å². The van der Waals surface area contributed by atoms with Crippen molar-refractivity contribution in [3.8, 4) is 11.1 Å². The number of nitrogens with zero attached hydrogens (tertiary/aromatic N) is 6. The molecule has 6 heteroatoms. The highest BCUT2D eigenvalue weighted by molar-refractivity contribution is 5.75. The summed E-state index contributed by atoms with van der Waals surface area (Å²) in [5.74, 6) is 1.85. The number of anilines is 1. The van der Waals surface area contributed by atoms with Crippen LogP contribution in [0.2, 0.25) is 0 Å². The first-order chi connectivity index (χ1) is 13.3. The van der Waals surface area contributed by atoms with Crippen molar-refractivity contribution < 1.29 is 0 Å². The van der Waals surface area contributed by atoms with Gasteiger partial charge in [0.25, 0.3) is 0 Å². The van der Waals surface area contributed by atoms with E-state index in [4.69, 9.17) is 4.98 Å². The fraction of sp³-hybridized carbons (Fsp3) is 0.476. The van der Waals surface area contributed by atoms with Gasteiger partial charge in [0.2, 0.25) is 0 Å². The van der Waals surface area contributed by atoms with E-state index in [0.717, 1.165) is 49.2 Å². The molecular formula is C21H26N6. The Bertz CT molecular complexity index is 934. The second-order valence-corrected chi connectivity index (χ2v) is 7.93. The van der Waals surface area contributed by atoms with Gasteiger partial charge in [-0.05, 0) is 37.8 Å². The predicted molar refractivity (Wildman–Crippen MR) is 105 cm³/mol. The van der Waals surface area contributed by atoms with Crippen LogP contribution in [0.5, 0.6) is 0 Å². The van der Waals surface area contributed by atoms with Crippen LogP contribution in [0.25, 0.3) is 11.1 Å². The number of fused-ring (bicyclic) bond motifs is 1. The SMILES string of the molecule is Cc1ccc(-c2cnn(CC3CCCC3)c2)c(N2CCn3cncc3C2)n1. The molecule has 1 aliphatic carbocycles. The van der Waals surface area contributed by atoms with Crippen molar-refractivity contribution >= 4 is 5.82 Å². The van der Waals surface area contributed by atoms with Gasteiger partial charge in [0.1, 0.15) is 5.82 Å². The van der Waals surface area contributed by atoms with Crippen molar-refractivity contribution in [1.82, 2.24) is 24.3 Å². The first-order valence-electron chi connectivity index (χ1n) is 10.0. The molecule has 2 aliphatic rings.